The Morgan fingerprint density at radius 1 is 0.735 bits per heavy atom. The van der Waals surface area contributed by atoms with Crippen molar-refractivity contribution in [2.45, 2.75) is 11.9 Å². The van der Waals surface area contributed by atoms with Gasteiger partial charge in [-0.2, -0.15) is 13.2 Å². The monoisotopic (exact) mass is 480 g/mol. The molecule has 0 bridgehead atoms. The number of nitrogens with one attached hydrogen (secondary N) is 2. The normalized spacial score (nSPS) is 12.3. The minimum atomic E-state index is -4.47. The number of benzene rings is 4. The van der Waals surface area contributed by atoms with Gasteiger partial charge in [-0.05, 0) is 29.8 Å². The van der Waals surface area contributed by atoms with Crippen molar-refractivity contribution in [2.75, 3.05) is 4.72 Å². The van der Waals surface area contributed by atoms with Gasteiger partial charge in [-0.25, -0.2) is 8.42 Å². The molecule has 2 N–H and O–H groups in total. The van der Waals surface area contributed by atoms with Gasteiger partial charge in [-0.1, -0.05) is 66.7 Å². The van der Waals surface area contributed by atoms with Crippen LogP contribution in [0.15, 0.2) is 91.0 Å². The van der Waals surface area contributed by atoms with Crippen LogP contribution < -0.4 is 4.72 Å². The fourth-order valence-electron chi connectivity index (χ4n) is 4.12. The number of para-hydroxylation sites is 3. The van der Waals surface area contributed by atoms with Gasteiger partial charge in [0.15, 0.2) is 0 Å². The van der Waals surface area contributed by atoms with Crippen molar-refractivity contribution >= 4 is 37.5 Å². The predicted molar refractivity (Wildman–Crippen MR) is 129 cm³/mol. The van der Waals surface area contributed by atoms with E-state index < -0.39 is 27.5 Å². The van der Waals surface area contributed by atoms with E-state index in [1.165, 1.54) is 12.1 Å². The molecule has 0 fully saturated rings. The molecule has 0 radical (unpaired) electrons. The molecule has 0 spiro atoms. The molecule has 0 amide bonds. The van der Waals surface area contributed by atoms with Crippen molar-refractivity contribution in [1.82, 2.24) is 4.98 Å². The number of fused-ring (bicyclic) bond motifs is 3. The van der Waals surface area contributed by atoms with Crippen LogP contribution in [-0.4, -0.2) is 13.4 Å². The summed E-state index contributed by atoms with van der Waals surface area (Å²) < 4.78 is 66.8. The molecule has 0 aliphatic carbocycles. The van der Waals surface area contributed by atoms with Crippen molar-refractivity contribution in [3.63, 3.8) is 0 Å². The van der Waals surface area contributed by atoms with Gasteiger partial charge in [0.25, 0.3) is 0 Å². The highest BCUT2D eigenvalue weighted by atomic mass is 32.2. The molecule has 1 heterocycles. The highest BCUT2D eigenvalue weighted by Gasteiger charge is 2.30. The molecule has 0 aliphatic rings. The summed E-state index contributed by atoms with van der Waals surface area (Å²) in [5, 5.41) is 2.09. The summed E-state index contributed by atoms with van der Waals surface area (Å²) >= 11 is 0. The van der Waals surface area contributed by atoms with Gasteiger partial charge in [-0.3, -0.25) is 4.72 Å². The van der Waals surface area contributed by atoms with E-state index in [9.17, 15) is 21.6 Å². The predicted octanol–water partition coefficient (Wildman–Crippen LogP) is 6.95. The molecule has 0 saturated carbocycles. The third-order valence-corrected chi connectivity index (χ3v) is 6.91. The van der Waals surface area contributed by atoms with Crippen LogP contribution in [0.25, 0.3) is 32.9 Å². The zero-order chi connectivity index (χ0) is 23.9. The van der Waals surface area contributed by atoms with Crippen molar-refractivity contribution < 1.29 is 21.6 Å². The van der Waals surface area contributed by atoms with Crippen molar-refractivity contribution in [2.24, 2.45) is 0 Å². The van der Waals surface area contributed by atoms with Crippen LogP contribution in [0.1, 0.15) is 11.1 Å². The molecular weight excluding hydrogens is 461 g/mol. The summed E-state index contributed by atoms with van der Waals surface area (Å²) in [5.74, 6) is -0.448. The Balaban J connectivity index is 1.49. The molecule has 0 atom stereocenters. The second-order valence-corrected chi connectivity index (χ2v) is 9.72. The van der Waals surface area contributed by atoms with Crippen LogP contribution in [0.2, 0.25) is 0 Å². The molecule has 4 aromatic carbocycles. The van der Waals surface area contributed by atoms with E-state index in [1.54, 1.807) is 12.1 Å². The van der Waals surface area contributed by atoms with Gasteiger partial charge in [-0.15, -0.1) is 0 Å². The lowest BCUT2D eigenvalue weighted by molar-refractivity contribution is -0.137. The molecule has 4 nitrogen and oxygen atoms in total. The lowest BCUT2D eigenvalue weighted by atomic mass is 10.0. The number of anilines is 1. The number of hydrogen-bond acceptors (Lipinski definition) is 2. The average Bonchev–Trinajstić information content (AvgIpc) is 3.18. The zero-order valence-corrected chi connectivity index (χ0v) is 18.5. The van der Waals surface area contributed by atoms with E-state index in [4.69, 9.17) is 0 Å². The van der Waals surface area contributed by atoms with Gasteiger partial charge in [0, 0.05) is 27.4 Å². The topological polar surface area (TPSA) is 62.0 Å². The second kappa shape index (κ2) is 8.22. The second-order valence-electron chi connectivity index (χ2n) is 8.00. The van der Waals surface area contributed by atoms with Crippen LogP contribution in [0, 0.1) is 0 Å². The molecule has 0 aliphatic heterocycles. The minimum absolute atomic E-state index is 0.260. The number of H-pyrrole nitrogens is 1. The SMILES string of the molecule is O=S(=O)(Cc1ccc(C(F)(F)F)cc1)Nc1ccccc1-c1cccc2c1[nH]c1ccccc12. The number of hydrogen-bond donors (Lipinski definition) is 2. The van der Waals surface area contributed by atoms with E-state index in [2.05, 4.69) is 9.71 Å². The van der Waals surface area contributed by atoms with Crippen molar-refractivity contribution in [1.29, 1.82) is 0 Å². The Labute approximate surface area is 194 Å². The van der Waals surface area contributed by atoms with Crippen LogP contribution in [0.3, 0.4) is 0 Å². The Morgan fingerprint density at radius 3 is 2.15 bits per heavy atom. The minimum Gasteiger partial charge on any atom is -0.354 e. The molecular formula is C26H19F3N2O2S. The standard InChI is InChI=1S/C26H19F3N2O2S/c27-26(28,29)18-14-12-17(13-15-18)16-34(32,33)31-24-11-4-2-7-20(24)22-9-5-8-21-19-6-1-3-10-23(19)30-25(21)22/h1-15,30-31H,16H2. The Hall–Kier alpha value is -3.78. The van der Waals surface area contributed by atoms with Gasteiger partial charge in [0.05, 0.1) is 22.5 Å². The first-order chi connectivity index (χ1) is 16.2. The first-order valence-electron chi connectivity index (χ1n) is 10.5. The Kier molecular flexibility index (Phi) is 5.32. The number of aromatic amines is 1. The molecule has 1 aromatic heterocycles. The first kappa shape index (κ1) is 22.0. The average molecular weight is 481 g/mol. The van der Waals surface area contributed by atoms with E-state index >= 15 is 0 Å². The van der Waals surface area contributed by atoms with E-state index in [-0.39, 0.29) is 5.56 Å². The molecule has 8 heteroatoms. The van der Waals surface area contributed by atoms with Gasteiger partial charge < -0.3 is 4.98 Å². The van der Waals surface area contributed by atoms with Crippen LogP contribution in [0.5, 0.6) is 0 Å². The summed E-state index contributed by atoms with van der Waals surface area (Å²) in [4.78, 5) is 3.42. The van der Waals surface area contributed by atoms with Crippen LogP contribution in [-0.2, 0) is 22.0 Å². The smallest absolute Gasteiger partial charge is 0.354 e. The maximum Gasteiger partial charge on any atom is 0.416 e. The van der Waals surface area contributed by atoms with E-state index in [0.717, 1.165) is 39.5 Å². The molecule has 5 rings (SSSR count). The zero-order valence-electron chi connectivity index (χ0n) is 17.7. The molecule has 172 valence electrons. The summed E-state index contributed by atoms with van der Waals surface area (Å²) in [5.41, 5.74) is 3.22. The number of rotatable bonds is 5. The molecule has 0 saturated heterocycles. The third-order valence-electron chi connectivity index (χ3n) is 5.66. The Morgan fingerprint density at radius 2 is 1.38 bits per heavy atom. The lowest BCUT2D eigenvalue weighted by Crippen LogP contribution is -2.16. The number of halogens is 3. The summed E-state index contributed by atoms with van der Waals surface area (Å²) in [6.07, 6.45) is -4.47. The van der Waals surface area contributed by atoms with Gasteiger partial charge >= 0.3 is 6.18 Å². The summed E-state index contributed by atoms with van der Waals surface area (Å²) in [7, 11) is -3.89. The first-order valence-corrected chi connectivity index (χ1v) is 12.1. The molecule has 34 heavy (non-hydrogen) atoms. The number of aromatic nitrogens is 1. The lowest BCUT2D eigenvalue weighted by Gasteiger charge is -2.14. The summed E-state index contributed by atoms with van der Waals surface area (Å²) in [6.45, 7) is 0. The van der Waals surface area contributed by atoms with Crippen LogP contribution >= 0.6 is 0 Å². The fraction of sp³-hybridized carbons (Fsp3) is 0.0769. The van der Waals surface area contributed by atoms with Gasteiger partial charge in [0.2, 0.25) is 10.0 Å². The quantitative estimate of drug-likeness (QED) is 0.286. The van der Waals surface area contributed by atoms with E-state index in [1.807, 2.05) is 54.6 Å². The summed E-state index contributed by atoms with van der Waals surface area (Å²) in [6, 6.07) is 24.9. The number of sulfonamides is 1. The fourth-order valence-corrected chi connectivity index (χ4v) is 5.33. The van der Waals surface area contributed by atoms with E-state index in [0.29, 0.717) is 11.3 Å². The molecule has 5 aromatic rings. The highest BCUT2D eigenvalue weighted by Crippen LogP contribution is 2.37. The molecule has 0 unspecified atom stereocenters. The van der Waals surface area contributed by atoms with Crippen LogP contribution in [0.4, 0.5) is 18.9 Å². The van der Waals surface area contributed by atoms with Crippen molar-refractivity contribution in [3.05, 3.63) is 102 Å². The highest BCUT2D eigenvalue weighted by molar-refractivity contribution is 7.91. The van der Waals surface area contributed by atoms with Crippen molar-refractivity contribution in [3.8, 4) is 11.1 Å². The number of alkyl halides is 3. The Bertz CT molecular complexity index is 1610. The maximum atomic E-state index is 12.9. The third kappa shape index (κ3) is 4.24. The maximum absolute atomic E-state index is 12.9. The van der Waals surface area contributed by atoms with Gasteiger partial charge in [0.1, 0.15) is 0 Å². The largest absolute Gasteiger partial charge is 0.416 e.